The van der Waals surface area contributed by atoms with E-state index >= 15 is 0 Å². The maximum Gasteiger partial charge on any atom is 0.338 e. The number of piperidine rings is 1. The van der Waals surface area contributed by atoms with Gasteiger partial charge in [-0.2, -0.15) is 0 Å². The molecule has 1 fully saturated rings. The van der Waals surface area contributed by atoms with Gasteiger partial charge in [0.1, 0.15) is 11.9 Å². The molecule has 0 amide bonds. The number of quaternary nitrogens is 1. The number of ether oxygens (including phenoxy) is 2. The van der Waals surface area contributed by atoms with Crippen LogP contribution in [-0.2, 0) is 4.74 Å². The smallest absolute Gasteiger partial charge is 0.338 e. The van der Waals surface area contributed by atoms with Gasteiger partial charge in [-0.1, -0.05) is 13.0 Å². The predicted molar refractivity (Wildman–Crippen MR) is 77.2 cm³/mol. The van der Waals surface area contributed by atoms with Crippen molar-refractivity contribution in [2.45, 2.75) is 32.4 Å². The van der Waals surface area contributed by atoms with Crippen molar-refractivity contribution in [3.05, 3.63) is 29.8 Å². The third-order valence-electron chi connectivity index (χ3n) is 4.27. The molecule has 1 aromatic carbocycles. The Hall–Kier alpha value is -1.55. The zero-order valence-electron chi connectivity index (χ0n) is 12.7. The van der Waals surface area contributed by atoms with Crippen LogP contribution in [0.5, 0.6) is 5.75 Å². The van der Waals surface area contributed by atoms with Crippen LogP contribution in [0, 0.1) is 5.92 Å². The molecule has 0 radical (unpaired) electrons. The van der Waals surface area contributed by atoms with Gasteiger partial charge in [0.05, 0.1) is 32.3 Å². The first kappa shape index (κ1) is 14.9. The highest BCUT2D eigenvalue weighted by Crippen LogP contribution is 2.19. The van der Waals surface area contributed by atoms with Crippen LogP contribution in [0.15, 0.2) is 24.3 Å². The average Bonchev–Trinajstić information content (AvgIpc) is 2.44. The van der Waals surface area contributed by atoms with Crippen LogP contribution in [0.4, 0.5) is 0 Å². The number of hydrogen-bond donors (Lipinski definition) is 1. The molecule has 0 saturated carbocycles. The summed E-state index contributed by atoms with van der Waals surface area (Å²) in [7, 11) is 3.79. The lowest BCUT2D eigenvalue weighted by Gasteiger charge is -2.36. The molecule has 4 nitrogen and oxygen atoms in total. The largest absolute Gasteiger partial charge is 0.497 e. The number of hydrogen-bond acceptors (Lipinski definition) is 3. The second-order valence-electron chi connectivity index (χ2n) is 5.84. The first-order valence-corrected chi connectivity index (χ1v) is 7.18. The van der Waals surface area contributed by atoms with E-state index in [1.807, 2.05) is 6.07 Å². The molecular weight excluding hydrogens is 254 g/mol. The molecule has 2 rings (SSSR count). The summed E-state index contributed by atoms with van der Waals surface area (Å²) in [6.07, 6.45) is 0.926. The van der Waals surface area contributed by atoms with Crippen LogP contribution >= 0.6 is 0 Å². The van der Waals surface area contributed by atoms with Gasteiger partial charge in [0.15, 0.2) is 0 Å². The van der Waals surface area contributed by atoms with E-state index in [0.717, 1.165) is 13.0 Å². The minimum atomic E-state index is -0.257. The van der Waals surface area contributed by atoms with Crippen LogP contribution in [0.25, 0.3) is 0 Å². The SMILES string of the molecule is COc1cccc(C(=O)O[C@H]2C[C@@H](C)[NH+](C)C[C@H]2C)c1. The van der Waals surface area contributed by atoms with Gasteiger partial charge in [-0.25, -0.2) is 4.79 Å². The maximum atomic E-state index is 12.2. The summed E-state index contributed by atoms with van der Waals surface area (Å²) in [6, 6.07) is 7.63. The molecule has 0 aliphatic carbocycles. The highest BCUT2D eigenvalue weighted by atomic mass is 16.5. The van der Waals surface area contributed by atoms with Gasteiger partial charge in [-0.15, -0.1) is 0 Å². The van der Waals surface area contributed by atoms with Crippen molar-refractivity contribution >= 4 is 5.97 Å². The van der Waals surface area contributed by atoms with E-state index in [-0.39, 0.29) is 12.1 Å². The molecule has 1 aromatic rings. The Kier molecular flexibility index (Phi) is 4.65. The molecule has 20 heavy (non-hydrogen) atoms. The third kappa shape index (κ3) is 3.31. The Balaban J connectivity index is 2.03. The molecule has 1 N–H and O–H groups in total. The van der Waals surface area contributed by atoms with Gasteiger partial charge in [0.25, 0.3) is 0 Å². The van der Waals surface area contributed by atoms with E-state index < -0.39 is 0 Å². The number of carbonyl (C=O) groups is 1. The number of carbonyl (C=O) groups excluding carboxylic acids is 1. The number of benzene rings is 1. The van der Waals surface area contributed by atoms with Crippen LogP contribution in [0.2, 0.25) is 0 Å². The van der Waals surface area contributed by atoms with E-state index in [9.17, 15) is 4.79 Å². The lowest BCUT2D eigenvalue weighted by atomic mass is 9.92. The molecule has 1 aliphatic rings. The predicted octanol–water partition coefficient (Wildman–Crippen LogP) is 1.16. The lowest BCUT2D eigenvalue weighted by Crippen LogP contribution is -3.14. The van der Waals surface area contributed by atoms with Crippen molar-refractivity contribution in [1.82, 2.24) is 0 Å². The average molecular weight is 278 g/mol. The van der Waals surface area contributed by atoms with Crippen LogP contribution in [0.3, 0.4) is 0 Å². The van der Waals surface area contributed by atoms with E-state index in [2.05, 4.69) is 20.9 Å². The minimum absolute atomic E-state index is 0.00685. The van der Waals surface area contributed by atoms with Gasteiger partial charge in [-0.05, 0) is 25.1 Å². The van der Waals surface area contributed by atoms with Gasteiger partial charge in [0.2, 0.25) is 0 Å². The van der Waals surface area contributed by atoms with Crippen molar-refractivity contribution in [2.75, 3.05) is 20.7 Å². The van der Waals surface area contributed by atoms with Gasteiger partial charge >= 0.3 is 5.97 Å². The van der Waals surface area contributed by atoms with E-state index in [4.69, 9.17) is 9.47 Å². The molecule has 1 unspecified atom stereocenters. The first-order valence-electron chi connectivity index (χ1n) is 7.18. The Morgan fingerprint density at radius 3 is 2.80 bits per heavy atom. The zero-order chi connectivity index (χ0) is 14.7. The summed E-state index contributed by atoms with van der Waals surface area (Å²) >= 11 is 0. The summed E-state index contributed by atoms with van der Waals surface area (Å²) in [6.45, 7) is 5.39. The molecule has 1 saturated heterocycles. The first-order chi connectivity index (χ1) is 9.51. The summed E-state index contributed by atoms with van der Waals surface area (Å²) in [5, 5.41) is 0. The van der Waals surface area contributed by atoms with E-state index in [1.165, 1.54) is 4.90 Å². The molecule has 4 atom stereocenters. The van der Waals surface area contributed by atoms with Gasteiger partial charge in [-0.3, -0.25) is 0 Å². The summed E-state index contributed by atoms with van der Waals surface area (Å²) in [5.41, 5.74) is 0.551. The normalized spacial score (nSPS) is 29.8. The Labute approximate surface area is 120 Å². The molecule has 1 aliphatic heterocycles. The monoisotopic (exact) mass is 278 g/mol. The summed E-state index contributed by atoms with van der Waals surface area (Å²) in [5.74, 6) is 0.807. The van der Waals surface area contributed by atoms with Gasteiger partial charge in [0, 0.05) is 12.3 Å². The second-order valence-corrected chi connectivity index (χ2v) is 5.84. The lowest BCUT2D eigenvalue weighted by molar-refractivity contribution is -0.914. The zero-order valence-corrected chi connectivity index (χ0v) is 12.7. The third-order valence-corrected chi connectivity index (χ3v) is 4.27. The quantitative estimate of drug-likeness (QED) is 0.844. The Morgan fingerprint density at radius 2 is 2.10 bits per heavy atom. The van der Waals surface area contributed by atoms with E-state index in [0.29, 0.717) is 23.3 Å². The number of likely N-dealkylation sites (tertiary alicyclic amines) is 1. The summed E-state index contributed by atoms with van der Waals surface area (Å²) in [4.78, 5) is 13.7. The van der Waals surface area contributed by atoms with Crippen LogP contribution in [-0.4, -0.2) is 38.8 Å². The van der Waals surface area contributed by atoms with Crippen molar-refractivity contribution < 1.29 is 19.2 Å². The fourth-order valence-electron chi connectivity index (χ4n) is 2.74. The van der Waals surface area contributed by atoms with Crippen LogP contribution in [0.1, 0.15) is 30.6 Å². The maximum absolute atomic E-state index is 12.2. The number of esters is 1. The second kappa shape index (κ2) is 6.27. The number of methoxy groups -OCH3 is 1. The molecule has 1 heterocycles. The Bertz CT molecular complexity index is 475. The standard InChI is InChI=1S/C16H23NO3/c1-11-10-17(3)12(2)8-15(11)20-16(18)13-6-5-7-14(9-13)19-4/h5-7,9,11-12,15H,8,10H2,1-4H3/p+1/t11-,12-,15+/m1/s1. The highest BCUT2D eigenvalue weighted by molar-refractivity contribution is 5.90. The Morgan fingerprint density at radius 1 is 1.35 bits per heavy atom. The van der Waals surface area contributed by atoms with Gasteiger partial charge < -0.3 is 14.4 Å². The minimum Gasteiger partial charge on any atom is -0.497 e. The van der Waals surface area contributed by atoms with Crippen molar-refractivity contribution in [3.63, 3.8) is 0 Å². The number of nitrogens with one attached hydrogen (secondary N) is 1. The molecule has 0 aromatic heterocycles. The molecule has 0 spiro atoms. The topological polar surface area (TPSA) is 40.0 Å². The fraction of sp³-hybridized carbons (Fsp3) is 0.562. The van der Waals surface area contributed by atoms with E-state index in [1.54, 1.807) is 25.3 Å². The number of rotatable bonds is 3. The van der Waals surface area contributed by atoms with Crippen molar-refractivity contribution in [2.24, 2.45) is 5.92 Å². The van der Waals surface area contributed by atoms with Crippen molar-refractivity contribution in [1.29, 1.82) is 0 Å². The van der Waals surface area contributed by atoms with Crippen molar-refractivity contribution in [3.8, 4) is 5.75 Å². The molecule has 4 heteroatoms. The summed E-state index contributed by atoms with van der Waals surface area (Å²) < 4.78 is 10.8. The molecule has 110 valence electrons. The molecule has 0 bridgehead atoms. The fourth-order valence-corrected chi connectivity index (χ4v) is 2.74. The van der Waals surface area contributed by atoms with Crippen LogP contribution < -0.4 is 9.64 Å². The molecular formula is C16H24NO3+. The highest BCUT2D eigenvalue weighted by Gasteiger charge is 2.34.